The Balaban J connectivity index is 2.05. The molecule has 0 radical (unpaired) electrons. The number of nitrogens with zero attached hydrogens (tertiary/aromatic N) is 3. The number of hydrogen-bond donors (Lipinski definition) is 2. The first-order valence-corrected chi connectivity index (χ1v) is 8.64. The van der Waals surface area contributed by atoms with Crippen molar-refractivity contribution in [3.63, 3.8) is 0 Å². The number of hydrogen-bond acceptors (Lipinski definition) is 5. The Morgan fingerprint density at radius 2 is 1.93 bits per heavy atom. The van der Waals surface area contributed by atoms with Crippen molar-refractivity contribution in [2.24, 2.45) is 0 Å². The molecule has 2 heterocycles. The number of aliphatic hydroxyl groups excluding tert-OH is 1. The van der Waals surface area contributed by atoms with Crippen molar-refractivity contribution in [1.29, 1.82) is 0 Å². The van der Waals surface area contributed by atoms with E-state index in [0.717, 1.165) is 6.07 Å². The molecule has 0 saturated carbocycles. The van der Waals surface area contributed by atoms with Gasteiger partial charge in [-0.1, -0.05) is 18.2 Å². The quantitative estimate of drug-likeness (QED) is 0.673. The smallest absolute Gasteiger partial charge is 0.266 e. The fourth-order valence-corrected chi connectivity index (χ4v) is 3.04. The maximum Gasteiger partial charge on any atom is 0.266 e. The number of pyridine rings is 1. The highest BCUT2D eigenvalue weighted by Gasteiger charge is 2.20. The van der Waals surface area contributed by atoms with E-state index < -0.39 is 23.8 Å². The predicted molar refractivity (Wildman–Crippen MR) is 99.0 cm³/mol. The summed E-state index contributed by atoms with van der Waals surface area (Å²) in [5, 5.41) is 21.3. The third kappa shape index (κ3) is 3.70. The third-order valence-corrected chi connectivity index (χ3v) is 4.53. The van der Waals surface area contributed by atoms with Crippen molar-refractivity contribution in [3.05, 3.63) is 63.5 Å². The van der Waals surface area contributed by atoms with Gasteiger partial charge in [0.15, 0.2) is 5.82 Å². The molecule has 0 spiro atoms. The summed E-state index contributed by atoms with van der Waals surface area (Å²) in [5.41, 5.74) is -0.362. The Hall–Kier alpha value is -2.94. The Bertz CT molecular complexity index is 1070. The van der Waals surface area contributed by atoms with Crippen LogP contribution in [0.25, 0.3) is 10.8 Å². The van der Waals surface area contributed by atoms with E-state index in [1.165, 1.54) is 29.0 Å². The SMILES string of the molecule is Cc1nnc(N[C@H](C)c2cccc(C(F)F)c2F)c2cn(CCO)c(=O)cc12. The Kier molecular flexibility index (Phi) is 5.64. The lowest BCUT2D eigenvalue weighted by Crippen LogP contribution is -2.21. The number of aromatic nitrogens is 3. The second-order valence-electron chi connectivity index (χ2n) is 6.41. The molecule has 148 valence electrons. The maximum atomic E-state index is 14.4. The molecule has 0 aliphatic heterocycles. The van der Waals surface area contributed by atoms with Crippen molar-refractivity contribution < 1.29 is 18.3 Å². The molecule has 0 bridgehead atoms. The normalized spacial score (nSPS) is 12.5. The van der Waals surface area contributed by atoms with E-state index in [-0.39, 0.29) is 30.1 Å². The van der Waals surface area contributed by atoms with Crippen LogP contribution in [0.4, 0.5) is 19.0 Å². The van der Waals surface area contributed by atoms with Gasteiger partial charge in [-0.3, -0.25) is 4.79 Å². The van der Waals surface area contributed by atoms with E-state index in [1.807, 2.05) is 0 Å². The van der Waals surface area contributed by atoms with E-state index in [0.29, 0.717) is 16.5 Å². The van der Waals surface area contributed by atoms with Crippen LogP contribution in [-0.4, -0.2) is 26.5 Å². The third-order valence-electron chi connectivity index (χ3n) is 4.53. The molecule has 0 fully saturated rings. The van der Waals surface area contributed by atoms with Gasteiger partial charge in [-0.05, 0) is 13.8 Å². The fraction of sp³-hybridized carbons (Fsp3) is 0.316. The van der Waals surface area contributed by atoms with Gasteiger partial charge in [0, 0.05) is 35.1 Å². The van der Waals surface area contributed by atoms with Crippen LogP contribution < -0.4 is 10.9 Å². The number of rotatable bonds is 6. The summed E-state index contributed by atoms with van der Waals surface area (Å²) in [6.45, 7) is 3.21. The fourth-order valence-electron chi connectivity index (χ4n) is 3.04. The number of alkyl halides is 2. The van der Waals surface area contributed by atoms with Crippen molar-refractivity contribution in [2.45, 2.75) is 32.9 Å². The molecule has 1 atom stereocenters. The molecular formula is C19H19F3N4O2. The van der Waals surface area contributed by atoms with Crippen LogP contribution >= 0.6 is 0 Å². The van der Waals surface area contributed by atoms with E-state index in [2.05, 4.69) is 15.5 Å². The lowest BCUT2D eigenvalue weighted by molar-refractivity contribution is 0.146. The number of aryl methyl sites for hydroxylation is 1. The summed E-state index contributed by atoms with van der Waals surface area (Å²) in [4.78, 5) is 12.1. The Labute approximate surface area is 158 Å². The molecule has 0 amide bonds. The molecule has 1 aromatic carbocycles. The zero-order chi connectivity index (χ0) is 20.4. The molecule has 28 heavy (non-hydrogen) atoms. The summed E-state index contributed by atoms with van der Waals surface area (Å²) in [7, 11) is 0. The number of benzene rings is 1. The molecule has 2 N–H and O–H groups in total. The maximum absolute atomic E-state index is 14.4. The molecule has 3 aromatic rings. The van der Waals surface area contributed by atoms with Crippen LogP contribution in [0.3, 0.4) is 0 Å². The lowest BCUT2D eigenvalue weighted by atomic mass is 10.0. The number of anilines is 1. The summed E-state index contributed by atoms with van der Waals surface area (Å²) < 4.78 is 41.7. The minimum atomic E-state index is -2.92. The van der Waals surface area contributed by atoms with Crippen LogP contribution in [0, 0.1) is 12.7 Å². The van der Waals surface area contributed by atoms with Gasteiger partial charge in [-0.15, -0.1) is 5.10 Å². The van der Waals surface area contributed by atoms with E-state index in [1.54, 1.807) is 13.8 Å². The summed E-state index contributed by atoms with van der Waals surface area (Å²) >= 11 is 0. The monoisotopic (exact) mass is 392 g/mol. The highest BCUT2D eigenvalue weighted by molar-refractivity contribution is 5.92. The first-order chi connectivity index (χ1) is 13.3. The zero-order valence-corrected chi connectivity index (χ0v) is 15.3. The van der Waals surface area contributed by atoms with Crippen LogP contribution in [0.2, 0.25) is 0 Å². The van der Waals surface area contributed by atoms with Crippen LogP contribution in [0.1, 0.15) is 36.2 Å². The molecule has 0 aliphatic carbocycles. The molecular weight excluding hydrogens is 373 g/mol. The summed E-state index contributed by atoms with van der Waals surface area (Å²) in [6.07, 6.45) is -1.38. The van der Waals surface area contributed by atoms with Gasteiger partial charge in [-0.25, -0.2) is 13.2 Å². The standard InChI is InChI=1S/C19H19F3N4O2/c1-10(12-4-3-5-13(17(12)20)18(21)22)23-19-15-9-26(6-7-27)16(28)8-14(15)11(2)24-25-19/h3-5,8-10,18,27H,6-7H2,1-2H3,(H,23,25)/t10-/m1/s1. The van der Waals surface area contributed by atoms with Crippen molar-refractivity contribution in [2.75, 3.05) is 11.9 Å². The second-order valence-corrected chi connectivity index (χ2v) is 6.41. The lowest BCUT2D eigenvalue weighted by Gasteiger charge is -2.18. The highest BCUT2D eigenvalue weighted by Crippen LogP contribution is 2.30. The number of halogens is 3. The summed E-state index contributed by atoms with van der Waals surface area (Å²) in [5.74, 6) is -0.694. The molecule has 0 aliphatic rings. The predicted octanol–water partition coefficient (Wildman–Crippen LogP) is 3.34. The van der Waals surface area contributed by atoms with E-state index in [4.69, 9.17) is 5.11 Å². The van der Waals surface area contributed by atoms with Crippen molar-refractivity contribution in [3.8, 4) is 0 Å². The minimum Gasteiger partial charge on any atom is -0.395 e. The van der Waals surface area contributed by atoms with E-state index >= 15 is 0 Å². The number of fused-ring (bicyclic) bond motifs is 1. The van der Waals surface area contributed by atoms with Gasteiger partial charge >= 0.3 is 0 Å². The Morgan fingerprint density at radius 3 is 2.61 bits per heavy atom. The van der Waals surface area contributed by atoms with Gasteiger partial charge in [-0.2, -0.15) is 5.10 Å². The van der Waals surface area contributed by atoms with Crippen LogP contribution in [0.15, 0.2) is 35.3 Å². The van der Waals surface area contributed by atoms with Gasteiger partial charge in [0.2, 0.25) is 0 Å². The van der Waals surface area contributed by atoms with Crippen molar-refractivity contribution >= 4 is 16.6 Å². The first-order valence-electron chi connectivity index (χ1n) is 8.64. The van der Waals surface area contributed by atoms with Gasteiger partial charge in [0.25, 0.3) is 12.0 Å². The highest BCUT2D eigenvalue weighted by atomic mass is 19.3. The number of aliphatic hydroxyl groups is 1. The molecule has 6 nitrogen and oxygen atoms in total. The van der Waals surface area contributed by atoms with E-state index in [9.17, 15) is 18.0 Å². The second kappa shape index (κ2) is 7.97. The number of nitrogens with one attached hydrogen (secondary N) is 1. The first kappa shape index (κ1) is 19.8. The van der Waals surface area contributed by atoms with Gasteiger partial charge in [0.05, 0.1) is 23.9 Å². The van der Waals surface area contributed by atoms with Gasteiger partial charge in [0.1, 0.15) is 5.82 Å². The molecule has 0 unspecified atom stereocenters. The molecule has 0 saturated heterocycles. The van der Waals surface area contributed by atoms with Crippen molar-refractivity contribution in [1.82, 2.24) is 14.8 Å². The average Bonchev–Trinajstić information content (AvgIpc) is 2.65. The summed E-state index contributed by atoms with van der Waals surface area (Å²) in [6, 6.07) is 4.55. The molecule has 9 heteroatoms. The largest absolute Gasteiger partial charge is 0.395 e. The minimum absolute atomic E-state index is 0.0667. The Morgan fingerprint density at radius 1 is 1.21 bits per heavy atom. The van der Waals surface area contributed by atoms with Gasteiger partial charge < -0.3 is 15.0 Å². The van der Waals surface area contributed by atoms with Crippen LogP contribution in [-0.2, 0) is 6.54 Å². The average molecular weight is 392 g/mol. The molecule has 3 rings (SSSR count). The van der Waals surface area contributed by atoms with Crippen LogP contribution in [0.5, 0.6) is 0 Å². The topological polar surface area (TPSA) is 80.0 Å². The zero-order valence-electron chi connectivity index (χ0n) is 15.3. The molecule has 2 aromatic heterocycles.